The van der Waals surface area contributed by atoms with Gasteiger partial charge in [-0.3, -0.25) is 14.4 Å². The summed E-state index contributed by atoms with van der Waals surface area (Å²) < 4.78 is 5.74. The van der Waals surface area contributed by atoms with Gasteiger partial charge in [0.05, 0.1) is 18.1 Å². The highest BCUT2D eigenvalue weighted by Crippen LogP contribution is 2.47. The van der Waals surface area contributed by atoms with E-state index >= 15 is 0 Å². The van der Waals surface area contributed by atoms with Crippen LogP contribution in [0.5, 0.6) is 5.75 Å². The van der Waals surface area contributed by atoms with E-state index < -0.39 is 41.0 Å². The SMILES string of the molecule is CCCOc1ccc(C2C(C(=O)Nc3ccccc3CC)C(=O)CC(C)(O)C2C(=O)Nc2ccccc2CC)cc1. The first kappa shape index (κ1) is 30.0. The fraction of sp³-hybridized carbons (Fsp3) is 0.382. The average molecular weight is 557 g/mol. The largest absolute Gasteiger partial charge is 0.494 e. The van der Waals surface area contributed by atoms with E-state index in [0.29, 0.717) is 42.1 Å². The standard InChI is InChI=1S/C34H40N2O5/c1-5-20-41-25-18-16-24(17-19-25)29-30(32(38)35-26-14-10-8-12-22(26)6-2)28(37)21-34(4,40)31(29)33(39)36-27-15-11-9-13-23(27)7-3/h8-19,29-31,40H,5-7,20-21H2,1-4H3,(H,35,38)(H,36,39). The molecule has 3 aromatic carbocycles. The van der Waals surface area contributed by atoms with Crippen molar-refractivity contribution in [2.75, 3.05) is 17.2 Å². The maximum Gasteiger partial charge on any atom is 0.235 e. The van der Waals surface area contributed by atoms with Crippen molar-refractivity contribution < 1.29 is 24.2 Å². The molecule has 0 spiro atoms. The van der Waals surface area contributed by atoms with Gasteiger partial charge in [-0.1, -0.05) is 69.3 Å². The molecule has 216 valence electrons. The molecule has 1 saturated carbocycles. The van der Waals surface area contributed by atoms with Gasteiger partial charge in [0.1, 0.15) is 17.5 Å². The van der Waals surface area contributed by atoms with Crippen LogP contribution in [0.25, 0.3) is 0 Å². The molecule has 3 aromatic rings. The van der Waals surface area contributed by atoms with E-state index in [1.165, 1.54) is 6.92 Å². The number of aryl methyl sites for hydroxylation is 2. The molecule has 7 nitrogen and oxygen atoms in total. The van der Waals surface area contributed by atoms with E-state index in [0.717, 1.165) is 17.5 Å². The summed E-state index contributed by atoms with van der Waals surface area (Å²) in [6.07, 6.45) is 1.95. The van der Waals surface area contributed by atoms with Crippen LogP contribution in [0, 0.1) is 11.8 Å². The van der Waals surface area contributed by atoms with Gasteiger partial charge in [0.2, 0.25) is 11.8 Å². The van der Waals surface area contributed by atoms with Gasteiger partial charge in [0, 0.05) is 23.7 Å². The lowest BCUT2D eigenvalue weighted by atomic mass is 9.61. The quantitative estimate of drug-likeness (QED) is 0.269. The third-order valence-electron chi connectivity index (χ3n) is 7.88. The van der Waals surface area contributed by atoms with Gasteiger partial charge in [-0.25, -0.2) is 0 Å². The Morgan fingerprint density at radius 3 is 1.93 bits per heavy atom. The van der Waals surface area contributed by atoms with Crippen molar-refractivity contribution in [3.05, 3.63) is 89.5 Å². The molecule has 1 aliphatic rings. The van der Waals surface area contributed by atoms with Crippen LogP contribution in [0.1, 0.15) is 63.1 Å². The number of rotatable bonds is 10. The molecule has 0 aromatic heterocycles. The number of benzene rings is 3. The smallest absolute Gasteiger partial charge is 0.235 e. The number of hydrogen-bond donors (Lipinski definition) is 3. The first-order chi connectivity index (χ1) is 19.7. The minimum absolute atomic E-state index is 0.317. The van der Waals surface area contributed by atoms with Crippen LogP contribution < -0.4 is 15.4 Å². The molecule has 4 atom stereocenters. The zero-order valence-electron chi connectivity index (χ0n) is 24.3. The lowest BCUT2D eigenvalue weighted by molar-refractivity contribution is -0.150. The monoisotopic (exact) mass is 556 g/mol. The summed E-state index contributed by atoms with van der Waals surface area (Å²) in [5.41, 5.74) is 2.10. The normalized spacial score (nSPS) is 22.2. The van der Waals surface area contributed by atoms with Crippen molar-refractivity contribution in [1.29, 1.82) is 0 Å². The molecule has 1 aliphatic carbocycles. The van der Waals surface area contributed by atoms with Gasteiger partial charge >= 0.3 is 0 Å². The number of aliphatic hydroxyl groups is 1. The molecule has 41 heavy (non-hydrogen) atoms. The van der Waals surface area contributed by atoms with Gasteiger partial charge in [0.15, 0.2) is 0 Å². The zero-order valence-corrected chi connectivity index (χ0v) is 24.3. The molecule has 2 amide bonds. The lowest BCUT2D eigenvalue weighted by Crippen LogP contribution is -2.56. The number of nitrogens with one attached hydrogen (secondary N) is 2. The Morgan fingerprint density at radius 2 is 1.39 bits per heavy atom. The summed E-state index contributed by atoms with van der Waals surface area (Å²) >= 11 is 0. The van der Waals surface area contributed by atoms with Crippen LogP contribution in [0.2, 0.25) is 0 Å². The Labute approximate surface area is 242 Å². The number of carbonyl (C=O) groups excluding carboxylic acids is 3. The van der Waals surface area contributed by atoms with Crippen LogP contribution in [0.15, 0.2) is 72.8 Å². The second-order valence-corrected chi connectivity index (χ2v) is 10.9. The van der Waals surface area contributed by atoms with Crippen molar-refractivity contribution in [3.8, 4) is 5.75 Å². The van der Waals surface area contributed by atoms with Crippen molar-refractivity contribution in [2.24, 2.45) is 11.8 Å². The Kier molecular flexibility index (Phi) is 9.61. The minimum atomic E-state index is -1.68. The van der Waals surface area contributed by atoms with Crippen LogP contribution >= 0.6 is 0 Å². The van der Waals surface area contributed by atoms with Crippen LogP contribution in [0.4, 0.5) is 11.4 Å². The lowest BCUT2D eigenvalue weighted by Gasteiger charge is -2.44. The Hall–Kier alpha value is -3.97. The maximum atomic E-state index is 14.0. The number of hydrogen-bond acceptors (Lipinski definition) is 5. The maximum absolute atomic E-state index is 14.0. The summed E-state index contributed by atoms with van der Waals surface area (Å²) in [6.45, 7) is 8.07. The second kappa shape index (κ2) is 13.1. The highest BCUT2D eigenvalue weighted by atomic mass is 16.5. The number of para-hydroxylation sites is 2. The van der Waals surface area contributed by atoms with Crippen LogP contribution in [-0.4, -0.2) is 34.9 Å². The van der Waals surface area contributed by atoms with Gasteiger partial charge in [-0.2, -0.15) is 0 Å². The predicted molar refractivity (Wildman–Crippen MR) is 161 cm³/mol. The van der Waals surface area contributed by atoms with E-state index in [9.17, 15) is 19.5 Å². The fourth-order valence-corrected chi connectivity index (χ4v) is 5.82. The molecule has 0 bridgehead atoms. The predicted octanol–water partition coefficient (Wildman–Crippen LogP) is 5.92. The highest BCUT2D eigenvalue weighted by molar-refractivity contribution is 6.10. The summed E-state index contributed by atoms with van der Waals surface area (Å²) in [7, 11) is 0. The molecule has 7 heteroatoms. The zero-order chi connectivity index (χ0) is 29.6. The molecule has 4 unspecified atom stereocenters. The van der Waals surface area contributed by atoms with Gasteiger partial charge < -0.3 is 20.5 Å². The number of carbonyl (C=O) groups is 3. The first-order valence-electron chi connectivity index (χ1n) is 14.5. The molecule has 1 fully saturated rings. The van der Waals surface area contributed by atoms with E-state index in [1.807, 2.05) is 63.2 Å². The summed E-state index contributed by atoms with van der Waals surface area (Å²) in [5, 5.41) is 17.6. The molecule has 0 radical (unpaired) electrons. The van der Waals surface area contributed by atoms with Crippen LogP contribution in [0.3, 0.4) is 0 Å². The number of ether oxygens (including phenoxy) is 1. The van der Waals surface area contributed by atoms with E-state index in [1.54, 1.807) is 30.3 Å². The van der Waals surface area contributed by atoms with Crippen molar-refractivity contribution in [2.45, 2.75) is 64.9 Å². The Balaban J connectivity index is 1.77. The molecule has 3 N–H and O–H groups in total. The number of anilines is 2. The number of Topliss-reactive ketones (excluding diaryl/α,β-unsaturated/α-hetero) is 1. The van der Waals surface area contributed by atoms with Gasteiger partial charge in [-0.05, 0) is 67.1 Å². The Morgan fingerprint density at radius 1 is 0.854 bits per heavy atom. The Bertz CT molecular complexity index is 1380. The van der Waals surface area contributed by atoms with E-state index in [4.69, 9.17) is 4.74 Å². The minimum Gasteiger partial charge on any atom is -0.494 e. The molecular weight excluding hydrogens is 516 g/mol. The average Bonchev–Trinajstić information content (AvgIpc) is 2.95. The highest BCUT2D eigenvalue weighted by Gasteiger charge is 2.56. The molecule has 0 heterocycles. The third kappa shape index (κ3) is 6.68. The summed E-state index contributed by atoms with van der Waals surface area (Å²) in [4.78, 5) is 41.6. The molecular formula is C34H40N2O5. The van der Waals surface area contributed by atoms with Gasteiger partial charge in [0.25, 0.3) is 0 Å². The summed E-state index contributed by atoms with van der Waals surface area (Å²) in [5.74, 6) is -3.85. The van der Waals surface area contributed by atoms with Crippen molar-refractivity contribution >= 4 is 29.0 Å². The molecule has 0 saturated heterocycles. The topological polar surface area (TPSA) is 105 Å². The fourth-order valence-electron chi connectivity index (χ4n) is 5.82. The number of ketones is 1. The first-order valence-corrected chi connectivity index (χ1v) is 14.5. The summed E-state index contributed by atoms with van der Waals surface area (Å²) in [6, 6.07) is 22.1. The molecule has 0 aliphatic heterocycles. The number of amides is 2. The van der Waals surface area contributed by atoms with Crippen molar-refractivity contribution in [3.63, 3.8) is 0 Å². The van der Waals surface area contributed by atoms with E-state index in [2.05, 4.69) is 10.6 Å². The van der Waals surface area contributed by atoms with Crippen molar-refractivity contribution in [1.82, 2.24) is 0 Å². The van der Waals surface area contributed by atoms with Gasteiger partial charge in [-0.15, -0.1) is 0 Å². The second-order valence-electron chi connectivity index (χ2n) is 10.9. The molecule has 4 rings (SSSR count). The van der Waals surface area contributed by atoms with E-state index in [-0.39, 0.29) is 6.42 Å². The third-order valence-corrected chi connectivity index (χ3v) is 7.88. The van der Waals surface area contributed by atoms with Crippen LogP contribution in [-0.2, 0) is 27.2 Å².